The number of unbranched alkanes of at least 4 members (excludes halogenated alkanes) is 1. The highest BCUT2D eigenvalue weighted by molar-refractivity contribution is 5.88. The topological polar surface area (TPSA) is 58.6 Å². The molecule has 0 aromatic heterocycles. The summed E-state index contributed by atoms with van der Waals surface area (Å²) in [5.41, 5.74) is 3.20. The molecule has 0 radical (unpaired) electrons. The Labute approximate surface area is 186 Å². The maximum atomic E-state index is 13.2. The fourth-order valence-corrected chi connectivity index (χ4v) is 3.32. The molecule has 0 fully saturated rings. The molecule has 2 rings (SSSR count). The lowest BCUT2D eigenvalue weighted by Crippen LogP contribution is -2.49. The lowest BCUT2D eigenvalue weighted by atomic mass is 10.0. The molecule has 2 amide bonds. The molecule has 5 nitrogen and oxygen atoms in total. The average Bonchev–Trinajstić information content (AvgIpc) is 2.76. The number of amides is 2. The molecule has 0 aliphatic carbocycles. The summed E-state index contributed by atoms with van der Waals surface area (Å²) in [4.78, 5) is 27.4. The summed E-state index contributed by atoms with van der Waals surface area (Å²) in [5, 5.41) is 2.94. The largest absolute Gasteiger partial charge is 0.483 e. The minimum absolute atomic E-state index is 0.109. The number of carbonyl (C=O) groups excluding carboxylic acids is 2. The van der Waals surface area contributed by atoms with Gasteiger partial charge >= 0.3 is 0 Å². The van der Waals surface area contributed by atoms with Crippen molar-refractivity contribution in [3.8, 4) is 5.75 Å². The Balaban J connectivity index is 2.15. The molecule has 0 unspecified atom stereocenters. The SMILES string of the molecule is CCCCNC(=O)[C@@H](C)N(Cc1ccc(C)cc1)C(=O)COc1ccccc1C(C)C. The number of ether oxygens (including phenoxy) is 1. The van der Waals surface area contributed by atoms with Crippen LogP contribution in [-0.2, 0) is 16.1 Å². The highest BCUT2D eigenvalue weighted by Gasteiger charge is 2.26. The molecule has 0 bridgehead atoms. The van der Waals surface area contributed by atoms with Crippen molar-refractivity contribution in [1.29, 1.82) is 0 Å². The summed E-state index contributed by atoms with van der Waals surface area (Å²) in [5.74, 6) is 0.646. The van der Waals surface area contributed by atoms with Crippen LogP contribution in [0.4, 0.5) is 0 Å². The monoisotopic (exact) mass is 424 g/mol. The van der Waals surface area contributed by atoms with Gasteiger partial charge in [0.25, 0.3) is 5.91 Å². The minimum Gasteiger partial charge on any atom is -0.483 e. The van der Waals surface area contributed by atoms with Crippen molar-refractivity contribution in [2.45, 2.75) is 66.0 Å². The number of benzene rings is 2. The second-order valence-corrected chi connectivity index (χ2v) is 8.31. The number of carbonyl (C=O) groups is 2. The molecule has 0 spiro atoms. The number of hydrogen-bond donors (Lipinski definition) is 1. The predicted octanol–water partition coefficient (Wildman–Crippen LogP) is 4.83. The molecule has 5 heteroatoms. The van der Waals surface area contributed by atoms with Crippen molar-refractivity contribution in [3.05, 3.63) is 65.2 Å². The van der Waals surface area contributed by atoms with E-state index in [1.54, 1.807) is 11.8 Å². The maximum Gasteiger partial charge on any atom is 0.261 e. The van der Waals surface area contributed by atoms with E-state index in [-0.39, 0.29) is 18.4 Å². The van der Waals surface area contributed by atoms with Crippen LogP contribution in [0.15, 0.2) is 48.5 Å². The van der Waals surface area contributed by atoms with Gasteiger partial charge in [-0.2, -0.15) is 0 Å². The first-order chi connectivity index (χ1) is 14.8. The number of nitrogens with one attached hydrogen (secondary N) is 1. The van der Waals surface area contributed by atoms with Crippen molar-refractivity contribution < 1.29 is 14.3 Å². The van der Waals surface area contributed by atoms with Gasteiger partial charge in [-0.15, -0.1) is 0 Å². The fourth-order valence-electron chi connectivity index (χ4n) is 3.32. The summed E-state index contributed by atoms with van der Waals surface area (Å²) in [6, 6.07) is 15.2. The smallest absolute Gasteiger partial charge is 0.261 e. The first kappa shape index (κ1) is 24.4. The Morgan fingerprint density at radius 1 is 1.03 bits per heavy atom. The fraction of sp³-hybridized carbons (Fsp3) is 0.462. The van der Waals surface area contributed by atoms with Crippen LogP contribution < -0.4 is 10.1 Å². The van der Waals surface area contributed by atoms with Crippen molar-refractivity contribution in [3.63, 3.8) is 0 Å². The second kappa shape index (κ2) is 12.1. The summed E-state index contributed by atoms with van der Waals surface area (Å²) >= 11 is 0. The van der Waals surface area contributed by atoms with Gasteiger partial charge in [0, 0.05) is 13.1 Å². The molecule has 0 saturated heterocycles. The van der Waals surface area contributed by atoms with Gasteiger partial charge in [0.05, 0.1) is 0 Å². The van der Waals surface area contributed by atoms with E-state index < -0.39 is 6.04 Å². The highest BCUT2D eigenvalue weighted by atomic mass is 16.5. The van der Waals surface area contributed by atoms with Crippen LogP contribution in [0.25, 0.3) is 0 Å². The van der Waals surface area contributed by atoms with Crippen molar-refractivity contribution in [1.82, 2.24) is 10.2 Å². The van der Waals surface area contributed by atoms with Crippen LogP contribution >= 0.6 is 0 Å². The third-order valence-electron chi connectivity index (χ3n) is 5.36. The predicted molar refractivity (Wildman–Crippen MR) is 125 cm³/mol. The van der Waals surface area contributed by atoms with Gasteiger partial charge in [-0.3, -0.25) is 9.59 Å². The third kappa shape index (κ3) is 7.42. The van der Waals surface area contributed by atoms with E-state index in [2.05, 4.69) is 26.1 Å². The van der Waals surface area contributed by atoms with Gasteiger partial charge in [0.1, 0.15) is 11.8 Å². The van der Waals surface area contributed by atoms with E-state index >= 15 is 0 Å². The van der Waals surface area contributed by atoms with Gasteiger partial charge in [0.15, 0.2) is 6.61 Å². The summed E-state index contributed by atoms with van der Waals surface area (Å²) in [7, 11) is 0. The first-order valence-corrected chi connectivity index (χ1v) is 11.2. The van der Waals surface area contributed by atoms with Crippen molar-refractivity contribution in [2.24, 2.45) is 0 Å². The van der Waals surface area contributed by atoms with Crippen LogP contribution in [-0.4, -0.2) is 35.9 Å². The lowest BCUT2D eigenvalue weighted by Gasteiger charge is -2.29. The molecule has 0 heterocycles. The van der Waals surface area contributed by atoms with Crippen LogP contribution in [0.3, 0.4) is 0 Å². The second-order valence-electron chi connectivity index (χ2n) is 8.31. The maximum absolute atomic E-state index is 13.2. The van der Waals surface area contributed by atoms with Crippen LogP contribution in [0.1, 0.15) is 63.1 Å². The molecular formula is C26H36N2O3. The summed E-state index contributed by atoms with van der Waals surface area (Å²) in [6.45, 7) is 10.9. The van der Waals surface area contributed by atoms with E-state index in [4.69, 9.17) is 4.74 Å². The zero-order chi connectivity index (χ0) is 22.8. The highest BCUT2D eigenvalue weighted by Crippen LogP contribution is 2.26. The summed E-state index contributed by atoms with van der Waals surface area (Å²) < 4.78 is 5.90. The standard InChI is InChI=1S/C26H36N2O3/c1-6-7-16-27-26(30)21(5)28(17-22-14-12-20(4)13-15-22)25(29)18-31-24-11-9-8-10-23(24)19(2)3/h8-15,19,21H,6-7,16-18H2,1-5H3,(H,27,30)/t21-/m1/s1. The van der Waals surface area contributed by atoms with Gasteiger partial charge < -0.3 is 15.0 Å². The first-order valence-electron chi connectivity index (χ1n) is 11.2. The number of rotatable bonds is 11. The van der Waals surface area contributed by atoms with Gasteiger partial charge in [-0.25, -0.2) is 0 Å². The zero-order valence-electron chi connectivity index (χ0n) is 19.5. The van der Waals surface area contributed by atoms with Crippen molar-refractivity contribution >= 4 is 11.8 Å². The molecular weight excluding hydrogens is 388 g/mol. The molecule has 1 atom stereocenters. The quantitative estimate of drug-likeness (QED) is 0.526. The zero-order valence-corrected chi connectivity index (χ0v) is 19.5. The average molecular weight is 425 g/mol. The minimum atomic E-state index is -0.588. The van der Waals surface area contributed by atoms with Gasteiger partial charge in [0.2, 0.25) is 5.91 Å². The number of nitrogens with zero attached hydrogens (tertiary/aromatic N) is 1. The Kier molecular flexibility index (Phi) is 9.57. The van der Waals surface area contributed by atoms with Crippen LogP contribution in [0.2, 0.25) is 0 Å². The molecule has 0 aliphatic rings. The van der Waals surface area contributed by atoms with Crippen molar-refractivity contribution in [2.75, 3.05) is 13.2 Å². The number of para-hydroxylation sites is 1. The normalized spacial score (nSPS) is 11.8. The Morgan fingerprint density at radius 2 is 1.71 bits per heavy atom. The molecule has 2 aromatic rings. The van der Waals surface area contributed by atoms with Gasteiger partial charge in [-0.05, 0) is 43.4 Å². The van der Waals surface area contributed by atoms with E-state index in [0.717, 1.165) is 29.5 Å². The molecule has 0 saturated carbocycles. The molecule has 1 N–H and O–H groups in total. The van der Waals surface area contributed by atoms with Crippen LogP contribution in [0, 0.1) is 6.92 Å². The van der Waals surface area contributed by atoms with Crippen LogP contribution in [0.5, 0.6) is 5.75 Å². The number of aryl methyl sites for hydroxylation is 1. The van der Waals surface area contributed by atoms with Gasteiger partial charge in [-0.1, -0.05) is 75.2 Å². The Bertz CT molecular complexity index is 846. The Morgan fingerprint density at radius 3 is 2.35 bits per heavy atom. The van der Waals surface area contributed by atoms with E-state index in [1.807, 2.05) is 55.5 Å². The van der Waals surface area contributed by atoms with E-state index in [1.165, 1.54) is 0 Å². The third-order valence-corrected chi connectivity index (χ3v) is 5.36. The number of hydrogen-bond acceptors (Lipinski definition) is 3. The lowest BCUT2D eigenvalue weighted by molar-refractivity contribution is -0.142. The molecule has 168 valence electrons. The van der Waals surface area contributed by atoms with E-state index in [9.17, 15) is 9.59 Å². The molecule has 31 heavy (non-hydrogen) atoms. The summed E-state index contributed by atoms with van der Waals surface area (Å²) in [6.07, 6.45) is 1.92. The molecule has 2 aromatic carbocycles. The molecule has 0 aliphatic heterocycles. The van der Waals surface area contributed by atoms with E-state index in [0.29, 0.717) is 24.8 Å². The Hall–Kier alpha value is -2.82.